The van der Waals surface area contributed by atoms with Crippen LogP contribution in [-0.4, -0.2) is 25.5 Å². The normalized spacial score (nSPS) is 11.4. The van der Waals surface area contributed by atoms with Crippen molar-refractivity contribution in [2.24, 2.45) is 5.41 Å². The van der Waals surface area contributed by atoms with Gasteiger partial charge in [0.1, 0.15) is 0 Å². The van der Waals surface area contributed by atoms with Crippen LogP contribution in [0.5, 0.6) is 0 Å². The summed E-state index contributed by atoms with van der Waals surface area (Å²) in [5.41, 5.74) is 0.365. The average Bonchev–Trinajstić information content (AvgIpc) is 1.59. The SMILES string of the molecule is CN(C)C[CH-]C(C)(C)C.[Rb+]. The molecule has 0 aliphatic rings. The average molecular weight is 214 g/mol. The maximum absolute atomic E-state index is 2.31. The van der Waals surface area contributed by atoms with Gasteiger partial charge in [0.15, 0.2) is 0 Å². The quantitative estimate of drug-likeness (QED) is 0.522. The molecule has 0 fully saturated rings. The van der Waals surface area contributed by atoms with E-state index in [1.807, 2.05) is 0 Å². The second-order valence-corrected chi connectivity index (χ2v) is 3.83. The maximum Gasteiger partial charge on any atom is 1.00 e. The van der Waals surface area contributed by atoms with Gasteiger partial charge in [0, 0.05) is 0 Å². The molecule has 0 heterocycles. The molecule has 0 atom stereocenters. The first-order chi connectivity index (χ1) is 3.92. The molecule has 56 valence electrons. The van der Waals surface area contributed by atoms with Crippen molar-refractivity contribution in [2.75, 3.05) is 20.6 Å². The minimum atomic E-state index is 0. The third-order valence-electron chi connectivity index (χ3n) is 1.07. The third kappa shape index (κ3) is 12.4. The van der Waals surface area contributed by atoms with Crippen LogP contribution in [-0.2, 0) is 0 Å². The zero-order chi connectivity index (χ0) is 7.49. The molecular formula is C8H18NRb. The summed E-state index contributed by atoms with van der Waals surface area (Å²) in [6.07, 6.45) is 2.31. The monoisotopic (exact) mass is 213 g/mol. The van der Waals surface area contributed by atoms with Gasteiger partial charge >= 0.3 is 58.2 Å². The van der Waals surface area contributed by atoms with Crippen molar-refractivity contribution in [1.82, 2.24) is 4.90 Å². The molecule has 0 saturated heterocycles. The van der Waals surface area contributed by atoms with E-state index in [9.17, 15) is 0 Å². The predicted molar refractivity (Wildman–Crippen MR) is 42.3 cm³/mol. The van der Waals surface area contributed by atoms with Crippen LogP contribution in [0.25, 0.3) is 0 Å². The summed E-state index contributed by atoms with van der Waals surface area (Å²) < 4.78 is 0. The van der Waals surface area contributed by atoms with Crippen LogP contribution in [0.1, 0.15) is 20.8 Å². The van der Waals surface area contributed by atoms with Crippen LogP contribution in [0, 0.1) is 11.8 Å². The molecule has 0 aromatic carbocycles. The Labute approximate surface area is 114 Å². The maximum atomic E-state index is 2.31. The standard InChI is InChI=1S/C8H18N.Rb/c1-8(2,3)6-7-9(4)5;/h6H,7H2,1-5H3;/q-1;+1. The van der Waals surface area contributed by atoms with E-state index in [-0.39, 0.29) is 58.2 Å². The molecule has 0 aromatic heterocycles. The van der Waals surface area contributed by atoms with E-state index in [0.717, 1.165) is 6.54 Å². The van der Waals surface area contributed by atoms with Gasteiger partial charge in [0.2, 0.25) is 0 Å². The first-order valence-corrected chi connectivity index (χ1v) is 3.41. The van der Waals surface area contributed by atoms with Gasteiger partial charge in [-0.25, -0.2) is 0 Å². The van der Waals surface area contributed by atoms with Gasteiger partial charge in [-0.3, -0.25) is 0 Å². The molecule has 0 radical (unpaired) electrons. The zero-order valence-electron chi connectivity index (χ0n) is 8.23. The Bertz CT molecular complexity index is 73.8. The van der Waals surface area contributed by atoms with Gasteiger partial charge < -0.3 is 11.3 Å². The summed E-state index contributed by atoms with van der Waals surface area (Å²) in [5, 5.41) is 0. The second-order valence-electron chi connectivity index (χ2n) is 3.83. The largest absolute Gasteiger partial charge is 1.00 e. The van der Waals surface area contributed by atoms with Gasteiger partial charge in [0.25, 0.3) is 0 Å². The van der Waals surface area contributed by atoms with Crippen molar-refractivity contribution in [1.29, 1.82) is 0 Å². The summed E-state index contributed by atoms with van der Waals surface area (Å²) in [7, 11) is 4.17. The molecule has 1 nitrogen and oxygen atoms in total. The molecule has 0 amide bonds. The van der Waals surface area contributed by atoms with Crippen LogP contribution >= 0.6 is 0 Å². The van der Waals surface area contributed by atoms with Crippen molar-refractivity contribution in [3.8, 4) is 0 Å². The number of hydrogen-bond acceptors (Lipinski definition) is 1. The van der Waals surface area contributed by atoms with E-state index < -0.39 is 0 Å². The molecule has 0 aromatic rings. The molecule has 0 unspecified atom stereocenters. The molecule has 0 rings (SSSR count). The molecule has 0 aliphatic carbocycles. The molecular weight excluding hydrogens is 196 g/mol. The van der Waals surface area contributed by atoms with Gasteiger partial charge in [-0.15, -0.1) is 6.54 Å². The predicted octanol–water partition coefficient (Wildman–Crippen LogP) is -1.20. The van der Waals surface area contributed by atoms with E-state index in [0.29, 0.717) is 5.41 Å². The number of hydrogen-bond donors (Lipinski definition) is 0. The fourth-order valence-corrected chi connectivity index (χ4v) is 0.456. The summed E-state index contributed by atoms with van der Waals surface area (Å²) in [6.45, 7) is 7.73. The van der Waals surface area contributed by atoms with Crippen molar-refractivity contribution in [3.63, 3.8) is 0 Å². The Balaban J connectivity index is 0. The minimum Gasteiger partial charge on any atom is -0.339 e. The Morgan fingerprint density at radius 3 is 1.70 bits per heavy atom. The number of nitrogens with zero attached hydrogens (tertiary/aromatic N) is 1. The Kier molecular flexibility index (Phi) is 9.01. The van der Waals surface area contributed by atoms with E-state index in [2.05, 4.69) is 46.2 Å². The zero-order valence-corrected chi connectivity index (χ0v) is 13.1. The van der Waals surface area contributed by atoms with Crippen LogP contribution in [0.3, 0.4) is 0 Å². The van der Waals surface area contributed by atoms with Gasteiger partial charge in [-0.1, -0.05) is 20.8 Å². The van der Waals surface area contributed by atoms with Crippen molar-refractivity contribution < 1.29 is 58.2 Å². The van der Waals surface area contributed by atoms with Gasteiger partial charge in [0.05, 0.1) is 0 Å². The molecule has 0 saturated carbocycles. The van der Waals surface area contributed by atoms with E-state index >= 15 is 0 Å². The summed E-state index contributed by atoms with van der Waals surface area (Å²) in [6, 6.07) is 0. The summed E-state index contributed by atoms with van der Waals surface area (Å²) in [4.78, 5) is 2.17. The van der Waals surface area contributed by atoms with Crippen molar-refractivity contribution in [3.05, 3.63) is 6.42 Å². The van der Waals surface area contributed by atoms with Crippen LogP contribution in [0.15, 0.2) is 0 Å². The van der Waals surface area contributed by atoms with Crippen molar-refractivity contribution >= 4 is 0 Å². The smallest absolute Gasteiger partial charge is 0.339 e. The van der Waals surface area contributed by atoms with E-state index in [1.165, 1.54) is 0 Å². The molecule has 10 heavy (non-hydrogen) atoms. The second kappa shape index (κ2) is 6.30. The Morgan fingerprint density at radius 2 is 1.60 bits per heavy atom. The van der Waals surface area contributed by atoms with E-state index in [1.54, 1.807) is 0 Å². The van der Waals surface area contributed by atoms with E-state index in [4.69, 9.17) is 0 Å². The Morgan fingerprint density at radius 1 is 1.20 bits per heavy atom. The van der Waals surface area contributed by atoms with Crippen LogP contribution < -0.4 is 58.2 Å². The van der Waals surface area contributed by atoms with Crippen LogP contribution in [0.2, 0.25) is 0 Å². The molecule has 0 spiro atoms. The number of rotatable bonds is 2. The third-order valence-corrected chi connectivity index (χ3v) is 1.07. The molecule has 0 N–H and O–H groups in total. The molecule has 0 bridgehead atoms. The topological polar surface area (TPSA) is 3.24 Å². The summed E-state index contributed by atoms with van der Waals surface area (Å²) in [5.74, 6) is 0. The van der Waals surface area contributed by atoms with Crippen molar-refractivity contribution in [2.45, 2.75) is 20.8 Å². The van der Waals surface area contributed by atoms with Gasteiger partial charge in [-0.2, -0.15) is 5.41 Å². The molecule has 0 aliphatic heterocycles. The molecule has 2 heteroatoms. The first kappa shape index (κ1) is 14.3. The fraction of sp³-hybridized carbons (Fsp3) is 0.875. The van der Waals surface area contributed by atoms with Gasteiger partial charge in [-0.05, 0) is 14.1 Å². The van der Waals surface area contributed by atoms with Crippen LogP contribution in [0.4, 0.5) is 0 Å². The minimum absolute atomic E-state index is 0. The fourth-order valence-electron chi connectivity index (χ4n) is 0.456. The Hall–Kier alpha value is 1.77. The first-order valence-electron chi connectivity index (χ1n) is 3.41. The summed E-state index contributed by atoms with van der Waals surface area (Å²) >= 11 is 0.